The molecule has 7 heteroatoms. The summed E-state index contributed by atoms with van der Waals surface area (Å²) in [5.74, 6) is 0. The maximum absolute atomic E-state index is 12.5. The maximum Gasteiger partial charge on any atom is 0.416 e. The number of aromatic nitrogens is 2. The van der Waals surface area contributed by atoms with Gasteiger partial charge in [-0.1, -0.05) is 12.1 Å². The second-order valence-corrected chi connectivity index (χ2v) is 3.61. The molecule has 94 valence electrons. The summed E-state index contributed by atoms with van der Waals surface area (Å²) in [7, 11) is 0. The minimum absolute atomic E-state index is 0.163. The quantitative estimate of drug-likeness (QED) is 0.819. The lowest BCUT2D eigenvalue weighted by Crippen LogP contribution is -2.14. The number of anilines is 1. The first-order valence-electron chi connectivity index (χ1n) is 4.90. The van der Waals surface area contributed by atoms with Gasteiger partial charge in [-0.05, 0) is 17.7 Å². The van der Waals surface area contributed by atoms with Crippen molar-refractivity contribution < 1.29 is 13.2 Å². The van der Waals surface area contributed by atoms with E-state index in [1.54, 1.807) is 0 Å². The van der Waals surface area contributed by atoms with Crippen molar-refractivity contribution in [3.05, 3.63) is 46.4 Å². The van der Waals surface area contributed by atoms with Gasteiger partial charge in [0, 0.05) is 5.56 Å². The van der Waals surface area contributed by atoms with Crippen LogP contribution in [0.2, 0.25) is 0 Å². The molecule has 1 aromatic heterocycles. The first-order chi connectivity index (χ1) is 8.39. The summed E-state index contributed by atoms with van der Waals surface area (Å²) in [6, 6.07) is 4.55. The van der Waals surface area contributed by atoms with Crippen molar-refractivity contribution in [3.63, 3.8) is 0 Å². The van der Waals surface area contributed by atoms with Crippen LogP contribution in [-0.2, 0) is 6.18 Å². The van der Waals surface area contributed by atoms with Gasteiger partial charge in [0.15, 0.2) is 0 Å². The molecule has 0 amide bonds. The Balaban J connectivity index is 2.59. The van der Waals surface area contributed by atoms with Crippen LogP contribution >= 0.6 is 0 Å². The second kappa shape index (κ2) is 4.17. The summed E-state index contributed by atoms with van der Waals surface area (Å²) < 4.78 is 37.6. The first-order valence-corrected chi connectivity index (χ1v) is 4.90. The van der Waals surface area contributed by atoms with E-state index < -0.39 is 17.3 Å². The topological polar surface area (TPSA) is 71.8 Å². The standard InChI is InChI=1S/C11H8F3N3O/c12-11(13,14)7-3-1-2-6(4-7)8-5-16-17-10(18)9(8)15/h1-5H,(H2,15,16)(H,17,18). The summed E-state index contributed by atoms with van der Waals surface area (Å²) in [6.07, 6.45) is -3.23. The number of rotatable bonds is 1. The highest BCUT2D eigenvalue weighted by molar-refractivity contribution is 5.74. The number of nitrogens with two attached hydrogens (primary N) is 1. The molecule has 0 saturated carbocycles. The van der Waals surface area contributed by atoms with E-state index in [2.05, 4.69) is 10.2 Å². The largest absolute Gasteiger partial charge is 0.416 e. The smallest absolute Gasteiger partial charge is 0.394 e. The summed E-state index contributed by atoms with van der Waals surface area (Å²) in [5, 5.41) is 5.62. The molecule has 0 aliphatic heterocycles. The van der Waals surface area contributed by atoms with Crippen LogP contribution in [0.4, 0.5) is 18.9 Å². The predicted molar refractivity (Wildman–Crippen MR) is 59.7 cm³/mol. The zero-order valence-electron chi connectivity index (χ0n) is 8.95. The highest BCUT2D eigenvalue weighted by atomic mass is 19.4. The van der Waals surface area contributed by atoms with Crippen LogP contribution in [0.25, 0.3) is 11.1 Å². The third-order valence-electron chi connectivity index (χ3n) is 2.40. The van der Waals surface area contributed by atoms with Gasteiger partial charge in [-0.3, -0.25) is 4.79 Å². The van der Waals surface area contributed by atoms with Crippen LogP contribution in [0.3, 0.4) is 0 Å². The summed E-state index contributed by atoms with van der Waals surface area (Å²) >= 11 is 0. The first kappa shape index (κ1) is 12.2. The molecule has 3 N–H and O–H groups in total. The Morgan fingerprint density at radius 3 is 2.67 bits per heavy atom. The molecule has 0 fully saturated rings. The molecule has 2 aromatic rings. The molecule has 0 radical (unpaired) electrons. The minimum atomic E-state index is -4.45. The lowest BCUT2D eigenvalue weighted by Gasteiger charge is -2.09. The van der Waals surface area contributed by atoms with Crippen molar-refractivity contribution in [1.82, 2.24) is 10.2 Å². The summed E-state index contributed by atoms with van der Waals surface area (Å²) in [5.41, 5.74) is 4.27. The second-order valence-electron chi connectivity index (χ2n) is 3.61. The molecule has 0 spiro atoms. The van der Waals surface area contributed by atoms with Crippen LogP contribution in [0, 0.1) is 0 Å². The van der Waals surface area contributed by atoms with E-state index in [1.165, 1.54) is 18.3 Å². The monoisotopic (exact) mass is 255 g/mol. The number of nitrogens with zero attached hydrogens (tertiary/aromatic N) is 1. The molecule has 0 saturated heterocycles. The van der Waals surface area contributed by atoms with Gasteiger partial charge in [-0.15, -0.1) is 0 Å². The lowest BCUT2D eigenvalue weighted by molar-refractivity contribution is -0.137. The van der Waals surface area contributed by atoms with Crippen LogP contribution in [0.1, 0.15) is 5.56 Å². The van der Waals surface area contributed by atoms with Gasteiger partial charge in [0.25, 0.3) is 5.56 Å². The predicted octanol–water partition coefficient (Wildman–Crippen LogP) is 2.04. The highest BCUT2D eigenvalue weighted by Gasteiger charge is 2.30. The Labute approximate surface area is 99.3 Å². The van der Waals surface area contributed by atoms with Crippen molar-refractivity contribution in [1.29, 1.82) is 0 Å². The summed E-state index contributed by atoms with van der Waals surface area (Å²) in [4.78, 5) is 11.2. The molecule has 18 heavy (non-hydrogen) atoms. The average Bonchev–Trinajstić information content (AvgIpc) is 2.32. The molecule has 2 rings (SSSR count). The number of nitrogen functional groups attached to an aromatic ring is 1. The van der Waals surface area contributed by atoms with Crippen LogP contribution in [0.5, 0.6) is 0 Å². The van der Waals surface area contributed by atoms with Crippen molar-refractivity contribution in [3.8, 4) is 11.1 Å². The molecule has 0 aliphatic rings. The fraction of sp³-hybridized carbons (Fsp3) is 0.0909. The Morgan fingerprint density at radius 2 is 2.00 bits per heavy atom. The van der Waals surface area contributed by atoms with Gasteiger partial charge in [0.2, 0.25) is 0 Å². The van der Waals surface area contributed by atoms with E-state index in [0.29, 0.717) is 0 Å². The number of hydrogen-bond acceptors (Lipinski definition) is 3. The Kier molecular flexibility index (Phi) is 2.82. The Morgan fingerprint density at radius 1 is 1.28 bits per heavy atom. The fourth-order valence-corrected chi connectivity index (χ4v) is 1.50. The SMILES string of the molecule is Nc1c(-c2cccc(C(F)(F)F)c2)cn[nH]c1=O. The van der Waals surface area contributed by atoms with E-state index in [0.717, 1.165) is 12.1 Å². The van der Waals surface area contributed by atoms with Gasteiger partial charge in [-0.25, -0.2) is 5.10 Å². The van der Waals surface area contributed by atoms with Crippen molar-refractivity contribution in [2.75, 3.05) is 5.73 Å². The lowest BCUT2D eigenvalue weighted by atomic mass is 10.0. The van der Waals surface area contributed by atoms with Gasteiger partial charge >= 0.3 is 6.18 Å². The number of benzene rings is 1. The minimum Gasteiger partial charge on any atom is -0.394 e. The molecule has 0 bridgehead atoms. The molecule has 4 nitrogen and oxygen atoms in total. The number of alkyl halides is 3. The van der Waals surface area contributed by atoms with Gasteiger partial charge in [0.1, 0.15) is 5.69 Å². The van der Waals surface area contributed by atoms with Crippen molar-refractivity contribution in [2.24, 2.45) is 0 Å². The Bertz CT molecular complexity index is 634. The molecule has 0 aliphatic carbocycles. The third kappa shape index (κ3) is 2.20. The van der Waals surface area contributed by atoms with E-state index >= 15 is 0 Å². The molecule has 1 heterocycles. The average molecular weight is 255 g/mol. The molecule has 0 atom stereocenters. The normalized spacial score (nSPS) is 11.5. The third-order valence-corrected chi connectivity index (χ3v) is 2.40. The molecular weight excluding hydrogens is 247 g/mol. The number of halogens is 3. The number of hydrogen-bond donors (Lipinski definition) is 2. The summed E-state index contributed by atoms with van der Waals surface area (Å²) in [6.45, 7) is 0. The molecule has 0 unspecified atom stereocenters. The van der Waals surface area contributed by atoms with Gasteiger partial charge in [-0.2, -0.15) is 18.3 Å². The van der Waals surface area contributed by atoms with Gasteiger partial charge < -0.3 is 5.73 Å². The Hall–Kier alpha value is -2.31. The maximum atomic E-state index is 12.5. The number of aromatic amines is 1. The van der Waals surface area contributed by atoms with Crippen LogP contribution in [0.15, 0.2) is 35.3 Å². The zero-order chi connectivity index (χ0) is 13.3. The molecular formula is C11H8F3N3O. The van der Waals surface area contributed by atoms with E-state index in [1.807, 2.05) is 0 Å². The van der Waals surface area contributed by atoms with E-state index in [-0.39, 0.29) is 16.8 Å². The zero-order valence-corrected chi connectivity index (χ0v) is 8.95. The van der Waals surface area contributed by atoms with E-state index in [4.69, 9.17) is 5.73 Å². The van der Waals surface area contributed by atoms with E-state index in [9.17, 15) is 18.0 Å². The fourth-order valence-electron chi connectivity index (χ4n) is 1.50. The van der Waals surface area contributed by atoms with Crippen molar-refractivity contribution >= 4 is 5.69 Å². The highest BCUT2D eigenvalue weighted by Crippen LogP contribution is 2.32. The number of H-pyrrole nitrogens is 1. The van der Waals surface area contributed by atoms with Crippen LogP contribution in [-0.4, -0.2) is 10.2 Å². The number of nitrogens with one attached hydrogen (secondary N) is 1. The van der Waals surface area contributed by atoms with Crippen LogP contribution < -0.4 is 11.3 Å². The molecule has 1 aromatic carbocycles. The van der Waals surface area contributed by atoms with Gasteiger partial charge in [0.05, 0.1) is 11.8 Å². The van der Waals surface area contributed by atoms with Crippen molar-refractivity contribution in [2.45, 2.75) is 6.18 Å².